The monoisotopic (exact) mass is 331 g/mol. The Morgan fingerprint density at radius 2 is 1.82 bits per heavy atom. The first-order chi connectivity index (χ1) is 10.5. The van der Waals surface area contributed by atoms with Crippen LogP contribution in [0.2, 0.25) is 0 Å². The number of nitrogens with zero attached hydrogens (tertiary/aromatic N) is 2. The Kier molecular flexibility index (Phi) is 6.50. The number of hydrogen-bond acceptors (Lipinski definition) is 3. The Balaban J connectivity index is 1.84. The number of amides is 2. The van der Waals surface area contributed by atoms with Crippen LogP contribution in [0.15, 0.2) is 0 Å². The summed E-state index contributed by atoms with van der Waals surface area (Å²) in [5.41, 5.74) is 0. The van der Waals surface area contributed by atoms with Gasteiger partial charge in [-0.25, -0.2) is 17.5 Å². The molecule has 128 valence electrons. The van der Waals surface area contributed by atoms with Crippen molar-refractivity contribution in [3.63, 3.8) is 0 Å². The van der Waals surface area contributed by atoms with Crippen LogP contribution in [0.25, 0.3) is 0 Å². The second kappa shape index (κ2) is 8.15. The molecule has 22 heavy (non-hydrogen) atoms. The standard InChI is InChI=1S/C15H29N3O3S/c1-2-3-13-22(20,21)18-10-6-9-17(11-12-18)15(19)16-14-7-4-5-8-14/h14H,2-13H2,1H3,(H,16,19). The first-order valence-electron chi connectivity index (χ1n) is 8.56. The predicted molar refractivity (Wildman–Crippen MR) is 87.2 cm³/mol. The van der Waals surface area contributed by atoms with Gasteiger partial charge in [0.15, 0.2) is 0 Å². The molecule has 0 unspecified atom stereocenters. The average molecular weight is 331 g/mol. The third kappa shape index (κ3) is 4.84. The van der Waals surface area contributed by atoms with E-state index in [1.54, 1.807) is 9.21 Å². The van der Waals surface area contributed by atoms with Crippen molar-refractivity contribution in [2.24, 2.45) is 0 Å². The summed E-state index contributed by atoms with van der Waals surface area (Å²) >= 11 is 0. The third-order valence-electron chi connectivity index (χ3n) is 4.57. The van der Waals surface area contributed by atoms with Crippen LogP contribution in [0, 0.1) is 0 Å². The number of carbonyl (C=O) groups excluding carboxylic acids is 1. The highest BCUT2D eigenvalue weighted by Crippen LogP contribution is 2.18. The molecule has 0 spiro atoms. The van der Waals surface area contributed by atoms with Gasteiger partial charge in [-0.15, -0.1) is 0 Å². The molecule has 1 aliphatic carbocycles. The van der Waals surface area contributed by atoms with Crippen molar-refractivity contribution in [1.29, 1.82) is 0 Å². The number of hydrogen-bond donors (Lipinski definition) is 1. The van der Waals surface area contributed by atoms with E-state index in [2.05, 4.69) is 5.32 Å². The highest BCUT2D eigenvalue weighted by atomic mass is 32.2. The van der Waals surface area contributed by atoms with Gasteiger partial charge in [0.25, 0.3) is 0 Å². The summed E-state index contributed by atoms with van der Waals surface area (Å²) in [4.78, 5) is 14.1. The molecule has 2 fully saturated rings. The minimum atomic E-state index is -3.17. The van der Waals surface area contributed by atoms with Crippen molar-refractivity contribution in [3.05, 3.63) is 0 Å². The highest BCUT2D eigenvalue weighted by Gasteiger charge is 2.27. The van der Waals surface area contributed by atoms with E-state index in [9.17, 15) is 13.2 Å². The molecule has 0 radical (unpaired) electrons. The lowest BCUT2D eigenvalue weighted by atomic mass is 10.2. The summed E-state index contributed by atoms with van der Waals surface area (Å²) in [5.74, 6) is 0.220. The van der Waals surface area contributed by atoms with Crippen LogP contribution in [0.4, 0.5) is 4.79 Å². The van der Waals surface area contributed by atoms with Gasteiger partial charge in [-0.05, 0) is 25.7 Å². The minimum absolute atomic E-state index is 0.0280. The van der Waals surface area contributed by atoms with Gasteiger partial charge in [-0.2, -0.15) is 0 Å². The Morgan fingerprint density at radius 1 is 1.09 bits per heavy atom. The quantitative estimate of drug-likeness (QED) is 0.835. The van der Waals surface area contributed by atoms with Crippen LogP contribution >= 0.6 is 0 Å². The van der Waals surface area contributed by atoms with E-state index in [1.807, 2.05) is 6.92 Å². The first kappa shape index (κ1) is 17.5. The fourth-order valence-electron chi connectivity index (χ4n) is 3.17. The molecule has 2 amide bonds. The summed E-state index contributed by atoms with van der Waals surface area (Å²) in [6.45, 7) is 4.07. The minimum Gasteiger partial charge on any atom is -0.335 e. The summed E-state index contributed by atoms with van der Waals surface area (Å²) in [6.07, 6.45) is 6.80. The number of nitrogens with one attached hydrogen (secondary N) is 1. The Morgan fingerprint density at radius 3 is 2.50 bits per heavy atom. The van der Waals surface area contributed by atoms with Gasteiger partial charge in [0.05, 0.1) is 5.75 Å². The van der Waals surface area contributed by atoms with E-state index >= 15 is 0 Å². The van der Waals surface area contributed by atoms with Crippen molar-refractivity contribution in [1.82, 2.24) is 14.5 Å². The molecule has 2 aliphatic rings. The Hall–Kier alpha value is -0.820. The molecule has 6 nitrogen and oxygen atoms in total. The van der Waals surface area contributed by atoms with E-state index in [0.717, 1.165) is 19.3 Å². The van der Waals surface area contributed by atoms with Gasteiger partial charge < -0.3 is 10.2 Å². The van der Waals surface area contributed by atoms with Gasteiger partial charge in [0.1, 0.15) is 0 Å². The van der Waals surface area contributed by atoms with E-state index in [0.29, 0.717) is 45.1 Å². The molecule has 0 aromatic rings. The Bertz CT molecular complexity index is 461. The number of carbonyl (C=O) groups is 1. The van der Waals surface area contributed by atoms with E-state index < -0.39 is 10.0 Å². The average Bonchev–Trinajstić information content (AvgIpc) is 2.85. The zero-order chi connectivity index (χ0) is 16.0. The summed E-state index contributed by atoms with van der Waals surface area (Å²) in [5, 5.41) is 3.08. The second-order valence-corrected chi connectivity index (χ2v) is 8.43. The summed E-state index contributed by atoms with van der Waals surface area (Å²) in [7, 11) is -3.17. The fraction of sp³-hybridized carbons (Fsp3) is 0.933. The number of unbranched alkanes of at least 4 members (excludes halogenated alkanes) is 1. The highest BCUT2D eigenvalue weighted by molar-refractivity contribution is 7.89. The lowest BCUT2D eigenvalue weighted by Crippen LogP contribution is -2.45. The molecule has 1 saturated carbocycles. The van der Waals surface area contributed by atoms with Crippen molar-refractivity contribution in [3.8, 4) is 0 Å². The van der Waals surface area contributed by atoms with E-state index in [-0.39, 0.29) is 11.8 Å². The summed E-state index contributed by atoms with van der Waals surface area (Å²) in [6, 6.07) is 0.278. The van der Waals surface area contributed by atoms with Gasteiger partial charge >= 0.3 is 6.03 Å². The van der Waals surface area contributed by atoms with Crippen molar-refractivity contribution < 1.29 is 13.2 Å². The smallest absolute Gasteiger partial charge is 0.317 e. The number of rotatable bonds is 5. The lowest BCUT2D eigenvalue weighted by Gasteiger charge is -2.24. The molecule has 0 atom stereocenters. The van der Waals surface area contributed by atoms with Gasteiger partial charge in [-0.1, -0.05) is 26.2 Å². The molecule has 2 rings (SSSR count). The molecule has 1 aliphatic heterocycles. The zero-order valence-electron chi connectivity index (χ0n) is 13.6. The van der Waals surface area contributed by atoms with Crippen LogP contribution in [0.1, 0.15) is 51.9 Å². The molecule has 0 aromatic heterocycles. The molecule has 0 bridgehead atoms. The molecule has 0 aromatic carbocycles. The van der Waals surface area contributed by atoms with E-state index in [4.69, 9.17) is 0 Å². The van der Waals surface area contributed by atoms with Crippen LogP contribution in [0.3, 0.4) is 0 Å². The molecular formula is C15H29N3O3S. The van der Waals surface area contributed by atoms with E-state index in [1.165, 1.54) is 12.8 Å². The van der Waals surface area contributed by atoms with Crippen molar-refractivity contribution in [2.75, 3.05) is 31.9 Å². The number of urea groups is 1. The number of sulfonamides is 1. The maximum absolute atomic E-state index is 12.3. The molecule has 1 heterocycles. The SMILES string of the molecule is CCCCS(=O)(=O)N1CCCN(C(=O)NC2CCCC2)CC1. The second-order valence-electron chi connectivity index (χ2n) is 6.34. The molecule has 1 saturated heterocycles. The molecule has 1 N–H and O–H groups in total. The zero-order valence-corrected chi connectivity index (χ0v) is 14.4. The molecular weight excluding hydrogens is 302 g/mol. The first-order valence-corrected chi connectivity index (χ1v) is 10.2. The fourth-order valence-corrected chi connectivity index (χ4v) is 4.85. The van der Waals surface area contributed by atoms with Crippen LogP contribution < -0.4 is 5.32 Å². The van der Waals surface area contributed by atoms with Crippen LogP contribution in [-0.2, 0) is 10.0 Å². The van der Waals surface area contributed by atoms with Gasteiger partial charge in [0, 0.05) is 32.2 Å². The largest absolute Gasteiger partial charge is 0.335 e. The topological polar surface area (TPSA) is 69.7 Å². The van der Waals surface area contributed by atoms with Crippen molar-refractivity contribution >= 4 is 16.1 Å². The normalized spacial score (nSPS) is 21.8. The van der Waals surface area contributed by atoms with Crippen molar-refractivity contribution in [2.45, 2.75) is 57.9 Å². The lowest BCUT2D eigenvalue weighted by molar-refractivity contribution is 0.196. The van der Waals surface area contributed by atoms with Crippen LogP contribution in [-0.4, -0.2) is 61.6 Å². The predicted octanol–water partition coefficient (Wildman–Crippen LogP) is 1.78. The Labute approximate surface area is 134 Å². The van der Waals surface area contributed by atoms with Crippen LogP contribution in [0.5, 0.6) is 0 Å². The van der Waals surface area contributed by atoms with Gasteiger partial charge in [0.2, 0.25) is 10.0 Å². The maximum atomic E-state index is 12.3. The van der Waals surface area contributed by atoms with Gasteiger partial charge in [-0.3, -0.25) is 0 Å². The molecule has 7 heteroatoms. The summed E-state index contributed by atoms with van der Waals surface area (Å²) < 4.78 is 26.1. The maximum Gasteiger partial charge on any atom is 0.317 e. The third-order valence-corrected chi connectivity index (χ3v) is 6.53.